The molecule has 1 rings (SSSR count). The first kappa shape index (κ1) is 16.6. The van der Waals surface area contributed by atoms with Crippen molar-refractivity contribution in [3.05, 3.63) is 15.6 Å². The zero-order valence-corrected chi connectivity index (χ0v) is 13.6. The summed E-state index contributed by atoms with van der Waals surface area (Å²) in [5.41, 5.74) is -0.445. The van der Waals surface area contributed by atoms with E-state index in [-0.39, 0.29) is 12.4 Å². The molecule has 7 heteroatoms. The number of sulfone groups is 1. The smallest absolute Gasteiger partial charge is 0.159 e. The zero-order valence-electron chi connectivity index (χ0n) is 11.9. The number of aromatic nitrogens is 1. The van der Waals surface area contributed by atoms with Crippen LogP contribution < -0.4 is 0 Å². The van der Waals surface area contributed by atoms with Gasteiger partial charge in [0.25, 0.3) is 0 Å². The van der Waals surface area contributed by atoms with E-state index in [1.54, 1.807) is 27.7 Å². The van der Waals surface area contributed by atoms with Gasteiger partial charge in [0.1, 0.15) is 10.8 Å². The van der Waals surface area contributed by atoms with Gasteiger partial charge >= 0.3 is 0 Å². The molecular formula is C12H21NO4S2. The molecule has 0 fully saturated rings. The Morgan fingerprint density at radius 2 is 2.00 bits per heavy atom. The second-order valence-electron chi connectivity index (χ2n) is 5.23. The van der Waals surface area contributed by atoms with E-state index in [9.17, 15) is 13.5 Å². The molecule has 0 aliphatic rings. The average Bonchev–Trinajstić information content (AvgIpc) is 2.60. The number of methoxy groups -OCH3 is 1. The minimum absolute atomic E-state index is 0.0951. The Balaban J connectivity index is 3.12. The maximum atomic E-state index is 11.9. The third-order valence-electron chi connectivity index (χ3n) is 2.62. The molecule has 0 aliphatic carbocycles. The molecule has 5 nitrogen and oxygen atoms in total. The zero-order chi connectivity index (χ0) is 14.8. The normalized spacial score (nSPS) is 13.2. The Morgan fingerprint density at radius 1 is 1.42 bits per heavy atom. The maximum Gasteiger partial charge on any atom is 0.159 e. The molecular weight excluding hydrogens is 286 g/mol. The predicted octanol–water partition coefficient (Wildman–Crippen LogP) is 1.84. The third-order valence-corrected chi connectivity index (χ3v) is 6.33. The van der Waals surface area contributed by atoms with Gasteiger partial charge in [-0.05, 0) is 27.7 Å². The number of ether oxygens (including phenoxy) is 1. The standard InChI is InChI=1S/C12H21NO4S2/c1-8(2)19(15,16)7-10-13-9(6-17-5)11(18-10)12(3,4)14/h8,14H,6-7H2,1-5H3. The summed E-state index contributed by atoms with van der Waals surface area (Å²) in [6.45, 7) is 6.87. The van der Waals surface area contributed by atoms with E-state index in [1.165, 1.54) is 18.4 Å². The van der Waals surface area contributed by atoms with Gasteiger partial charge in [0.15, 0.2) is 9.84 Å². The van der Waals surface area contributed by atoms with E-state index in [1.807, 2.05) is 0 Å². The van der Waals surface area contributed by atoms with Crippen molar-refractivity contribution in [3.63, 3.8) is 0 Å². The van der Waals surface area contributed by atoms with Gasteiger partial charge in [-0.3, -0.25) is 0 Å². The molecule has 1 N–H and O–H groups in total. The Kier molecular flexibility index (Phi) is 5.11. The third kappa shape index (κ3) is 4.24. The van der Waals surface area contributed by atoms with Gasteiger partial charge in [0.2, 0.25) is 0 Å². The van der Waals surface area contributed by atoms with E-state index in [0.29, 0.717) is 15.6 Å². The topological polar surface area (TPSA) is 76.5 Å². The molecule has 0 aromatic carbocycles. The SMILES string of the molecule is COCc1nc(CS(=O)(=O)C(C)C)sc1C(C)(C)O. The van der Waals surface area contributed by atoms with Gasteiger partial charge in [0, 0.05) is 7.11 Å². The van der Waals surface area contributed by atoms with Crippen molar-refractivity contribution < 1.29 is 18.3 Å². The summed E-state index contributed by atoms with van der Waals surface area (Å²) in [6.07, 6.45) is 0. The number of rotatable bonds is 6. The minimum atomic E-state index is -3.19. The maximum absolute atomic E-state index is 11.9. The second kappa shape index (κ2) is 5.87. The van der Waals surface area contributed by atoms with Crippen LogP contribution in [0.1, 0.15) is 43.3 Å². The summed E-state index contributed by atoms with van der Waals surface area (Å²) in [5, 5.41) is 10.1. The van der Waals surface area contributed by atoms with Crippen LogP contribution >= 0.6 is 11.3 Å². The molecule has 0 radical (unpaired) electrons. The van der Waals surface area contributed by atoms with Crippen molar-refractivity contribution in [1.82, 2.24) is 4.98 Å². The monoisotopic (exact) mass is 307 g/mol. The van der Waals surface area contributed by atoms with Gasteiger partial charge in [-0.2, -0.15) is 0 Å². The molecule has 110 valence electrons. The lowest BCUT2D eigenvalue weighted by molar-refractivity contribution is 0.0782. The van der Waals surface area contributed by atoms with Crippen LogP contribution in [0.15, 0.2) is 0 Å². The summed E-state index contributed by atoms with van der Waals surface area (Å²) in [6, 6.07) is 0. The van der Waals surface area contributed by atoms with E-state index in [4.69, 9.17) is 4.74 Å². The first-order valence-electron chi connectivity index (χ1n) is 6.00. The summed E-state index contributed by atoms with van der Waals surface area (Å²) in [4.78, 5) is 4.94. The Morgan fingerprint density at radius 3 is 2.42 bits per heavy atom. The summed E-state index contributed by atoms with van der Waals surface area (Å²) in [5.74, 6) is -0.0951. The van der Waals surface area contributed by atoms with Crippen LogP contribution in [-0.4, -0.2) is 30.9 Å². The van der Waals surface area contributed by atoms with Crippen LogP contribution in [0.25, 0.3) is 0 Å². The fourth-order valence-corrected chi connectivity index (χ4v) is 3.85. The number of aliphatic hydroxyl groups is 1. The summed E-state index contributed by atoms with van der Waals surface area (Å²) < 4.78 is 28.8. The predicted molar refractivity (Wildman–Crippen MR) is 75.8 cm³/mol. The molecule has 0 saturated heterocycles. The Bertz CT molecular complexity index is 526. The number of hydrogen-bond acceptors (Lipinski definition) is 6. The van der Waals surface area contributed by atoms with Gasteiger partial charge < -0.3 is 9.84 Å². The van der Waals surface area contributed by atoms with Gasteiger partial charge in [-0.25, -0.2) is 13.4 Å². The van der Waals surface area contributed by atoms with E-state index in [2.05, 4.69) is 4.98 Å². The van der Waals surface area contributed by atoms with Gasteiger partial charge in [-0.1, -0.05) is 0 Å². The van der Waals surface area contributed by atoms with Crippen LogP contribution in [0.4, 0.5) is 0 Å². The molecule has 0 amide bonds. The number of thiazole rings is 1. The van der Waals surface area contributed by atoms with Crippen molar-refractivity contribution in [2.24, 2.45) is 0 Å². The fourth-order valence-electron chi connectivity index (χ4n) is 1.51. The molecule has 1 aromatic heterocycles. The van der Waals surface area contributed by atoms with E-state index < -0.39 is 20.7 Å². The fraction of sp³-hybridized carbons (Fsp3) is 0.750. The molecule has 0 saturated carbocycles. The van der Waals surface area contributed by atoms with Gasteiger partial charge in [-0.15, -0.1) is 11.3 Å². The highest BCUT2D eigenvalue weighted by Gasteiger charge is 2.27. The van der Waals surface area contributed by atoms with Crippen LogP contribution in [0, 0.1) is 0 Å². The lowest BCUT2D eigenvalue weighted by Gasteiger charge is -2.16. The van der Waals surface area contributed by atoms with Crippen molar-refractivity contribution in [2.75, 3.05) is 7.11 Å². The number of hydrogen-bond donors (Lipinski definition) is 1. The molecule has 0 atom stereocenters. The Hall–Kier alpha value is -0.500. The highest BCUT2D eigenvalue weighted by atomic mass is 32.2. The number of nitrogens with zero attached hydrogens (tertiary/aromatic N) is 1. The van der Waals surface area contributed by atoms with Crippen molar-refractivity contribution in [2.45, 2.75) is 50.9 Å². The van der Waals surface area contributed by atoms with Crippen LogP contribution in [-0.2, 0) is 32.5 Å². The van der Waals surface area contributed by atoms with Crippen LogP contribution in [0.3, 0.4) is 0 Å². The summed E-state index contributed by atoms with van der Waals surface area (Å²) in [7, 11) is -1.65. The van der Waals surface area contributed by atoms with Crippen LogP contribution in [0.5, 0.6) is 0 Å². The lowest BCUT2D eigenvalue weighted by Crippen LogP contribution is -2.16. The molecule has 0 aliphatic heterocycles. The average molecular weight is 307 g/mol. The Labute approximate surface area is 118 Å². The largest absolute Gasteiger partial charge is 0.385 e. The van der Waals surface area contributed by atoms with Crippen molar-refractivity contribution in [3.8, 4) is 0 Å². The van der Waals surface area contributed by atoms with E-state index >= 15 is 0 Å². The molecule has 19 heavy (non-hydrogen) atoms. The first-order chi connectivity index (χ1) is 8.58. The second-order valence-corrected chi connectivity index (χ2v) is 8.87. The highest BCUT2D eigenvalue weighted by Crippen LogP contribution is 2.31. The molecule has 1 aromatic rings. The highest BCUT2D eigenvalue weighted by molar-refractivity contribution is 7.91. The van der Waals surface area contributed by atoms with E-state index in [0.717, 1.165) is 0 Å². The van der Waals surface area contributed by atoms with Crippen LogP contribution in [0.2, 0.25) is 0 Å². The van der Waals surface area contributed by atoms with Crippen molar-refractivity contribution in [1.29, 1.82) is 0 Å². The summed E-state index contributed by atoms with van der Waals surface area (Å²) >= 11 is 1.23. The molecule has 0 spiro atoms. The molecule has 0 bridgehead atoms. The van der Waals surface area contributed by atoms with Gasteiger partial charge in [0.05, 0.1) is 28.0 Å². The minimum Gasteiger partial charge on any atom is -0.385 e. The lowest BCUT2D eigenvalue weighted by atomic mass is 10.1. The molecule has 0 unspecified atom stereocenters. The molecule has 1 heterocycles. The quantitative estimate of drug-likeness (QED) is 0.868. The first-order valence-corrected chi connectivity index (χ1v) is 8.53. The van der Waals surface area contributed by atoms with Crippen molar-refractivity contribution >= 4 is 21.2 Å².